The molecule has 3 rings (SSSR count). The molecular formula is C24H40IN5O2. The highest BCUT2D eigenvalue weighted by Crippen LogP contribution is 2.39. The van der Waals surface area contributed by atoms with E-state index in [1.807, 2.05) is 26.2 Å². The van der Waals surface area contributed by atoms with E-state index in [1.54, 1.807) is 12.0 Å². The Morgan fingerprint density at radius 3 is 2.69 bits per heavy atom. The summed E-state index contributed by atoms with van der Waals surface area (Å²) >= 11 is 0. The van der Waals surface area contributed by atoms with E-state index in [-0.39, 0.29) is 35.3 Å². The first-order chi connectivity index (χ1) is 15.0. The van der Waals surface area contributed by atoms with E-state index in [4.69, 9.17) is 9.73 Å². The molecule has 1 aliphatic carbocycles. The van der Waals surface area contributed by atoms with Gasteiger partial charge in [-0.15, -0.1) is 24.0 Å². The Kier molecular flexibility index (Phi) is 10.4. The topological polar surface area (TPSA) is 69.2 Å². The van der Waals surface area contributed by atoms with Crippen LogP contribution in [0.5, 0.6) is 5.75 Å². The average molecular weight is 558 g/mol. The van der Waals surface area contributed by atoms with Gasteiger partial charge in [0.1, 0.15) is 5.75 Å². The Bertz CT molecular complexity index is 765. The maximum Gasteiger partial charge on any atom is 0.230 e. The molecule has 32 heavy (non-hydrogen) atoms. The van der Waals surface area contributed by atoms with Crippen LogP contribution in [0.4, 0.5) is 5.69 Å². The number of carbonyl (C=O) groups excluding carboxylic acids is 1. The first-order valence-electron chi connectivity index (χ1n) is 11.6. The van der Waals surface area contributed by atoms with E-state index in [0.29, 0.717) is 12.5 Å². The largest absolute Gasteiger partial charge is 0.497 e. The van der Waals surface area contributed by atoms with Gasteiger partial charge in [0.2, 0.25) is 5.91 Å². The normalized spacial score (nSPS) is 19.9. The molecule has 7 nitrogen and oxygen atoms in total. The van der Waals surface area contributed by atoms with E-state index < -0.39 is 0 Å². The second kappa shape index (κ2) is 12.5. The number of rotatable bonds is 8. The number of guanidine groups is 1. The lowest BCUT2D eigenvalue weighted by Gasteiger charge is -2.29. The molecule has 1 aromatic rings. The molecule has 1 unspecified atom stereocenters. The van der Waals surface area contributed by atoms with Crippen molar-refractivity contribution in [3.8, 4) is 5.75 Å². The molecule has 0 radical (unpaired) electrons. The molecule has 0 spiro atoms. The molecule has 1 heterocycles. The van der Waals surface area contributed by atoms with E-state index in [1.165, 1.54) is 5.69 Å². The van der Waals surface area contributed by atoms with Gasteiger partial charge in [-0.05, 0) is 44.2 Å². The average Bonchev–Trinajstić information content (AvgIpc) is 3.45. The maximum absolute atomic E-state index is 12.8. The summed E-state index contributed by atoms with van der Waals surface area (Å²) in [4.78, 5) is 21.8. The molecule has 1 saturated carbocycles. The van der Waals surface area contributed by atoms with Gasteiger partial charge in [-0.25, -0.2) is 0 Å². The van der Waals surface area contributed by atoms with Crippen molar-refractivity contribution in [3.63, 3.8) is 0 Å². The third-order valence-electron chi connectivity index (χ3n) is 6.57. The summed E-state index contributed by atoms with van der Waals surface area (Å²) in [5, 5.41) is 6.89. The summed E-state index contributed by atoms with van der Waals surface area (Å²) in [5.74, 6) is 2.49. The Balaban J connectivity index is 0.00000363. The lowest BCUT2D eigenvalue weighted by Crippen LogP contribution is -2.44. The van der Waals surface area contributed by atoms with Crippen LogP contribution >= 0.6 is 24.0 Å². The maximum atomic E-state index is 12.8. The molecule has 0 bridgehead atoms. The quantitative estimate of drug-likeness (QED) is 0.292. The zero-order valence-electron chi connectivity index (χ0n) is 20.0. The highest BCUT2D eigenvalue weighted by molar-refractivity contribution is 14.0. The number of benzene rings is 1. The van der Waals surface area contributed by atoms with Crippen molar-refractivity contribution in [2.75, 3.05) is 58.8 Å². The van der Waals surface area contributed by atoms with Gasteiger partial charge in [-0.3, -0.25) is 9.79 Å². The number of halogens is 1. The second-order valence-electron chi connectivity index (χ2n) is 9.07. The smallest absolute Gasteiger partial charge is 0.230 e. The Hall–Kier alpha value is -1.71. The molecule has 1 aromatic carbocycles. The molecule has 1 atom stereocenters. The minimum absolute atomic E-state index is 0. The number of nitrogens with one attached hydrogen (secondary N) is 2. The van der Waals surface area contributed by atoms with Crippen molar-refractivity contribution < 1.29 is 9.53 Å². The second-order valence-corrected chi connectivity index (χ2v) is 9.07. The van der Waals surface area contributed by atoms with Crippen molar-refractivity contribution in [2.24, 2.45) is 16.3 Å². The lowest BCUT2D eigenvalue weighted by molar-refractivity contribution is -0.138. The van der Waals surface area contributed by atoms with Crippen molar-refractivity contribution in [1.29, 1.82) is 0 Å². The summed E-state index contributed by atoms with van der Waals surface area (Å²) in [5.41, 5.74) is 0.885. The molecule has 1 amide bonds. The number of nitrogens with zero attached hydrogens (tertiary/aromatic N) is 3. The predicted molar refractivity (Wildman–Crippen MR) is 142 cm³/mol. The number of amides is 1. The van der Waals surface area contributed by atoms with E-state index in [0.717, 1.165) is 70.0 Å². The lowest BCUT2D eigenvalue weighted by atomic mass is 9.85. The minimum Gasteiger partial charge on any atom is -0.497 e. The van der Waals surface area contributed by atoms with Crippen LogP contribution < -0.4 is 20.3 Å². The molecule has 8 heteroatoms. The van der Waals surface area contributed by atoms with Crippen molar-refractivity contribution in [1.82, 2.24) is 15.5 Å². The van der Waals surface area contributed by atoms with Crippen LogP contribution in [0.3, 0.4) is 0 Å². The van der Waals surface area contributed by atoms with Gasteiger partial charge in [0, 0.05) is 52.0 Å². The molecule has 2 aliphatic rings. The van der Waals surface area contributed by atoms with Crippen molar-refractivity contribution in [3.05, 3.63) is 24.3 Å². The van der Waals surface area contributed by atoms with Crippen LogP contribution in [0.25, 0.3) is 0 Å². The molecule has 0 aromatic heterocycles. The van der Waals surface area contributed by atoms with Gasteiger partial charge in [0.05, 0.1) is 19.1 Å². The fourth-order valence-electron chi connectivity index (χ4n) is 4.82. The summed E-state index contributed by atoms with van der Waals surface area (Å²) < 4.78 is 5.37. The number of methoxy groups -OCH3 is 1. The third-order valence-corrected chi connectivity index (χ3v) is 6.57. The summed E-state index contributed by atoms with van der Waals surface area (Å²) in [6.45, 7) is 6.38. The van der Waals surface area contributed by atoms with E-state index in [2.05, 4.69) is 34.6 Å². The van der Waals surface area contributed by atoms with Crippen molar-refractivity contribution in [2.45, 2.75) is 39.0 Å². The first kappa shape index (κ1) is 26.5. The molecular weight excluding hydrogens is 517 g/mol. The number of aliphatic imine (C=N–C) groups is 1. The molecule has 1 saturated heterocycles. The Labute approximate surface area is 210 Å². The van der Waals surface area contributed by atoms with Gasteiger partial charge in [-0.2, -0.15) is 0 Å². The summed E-state index contributed by atoms with van der Waals surface area (Å²) in [7, 11) is 5.41. The molecule has 2 fully saturated rings. The molecule has 2 N–H and O–H groups in total. The van der Waals surface area contributed by atoms with Crippen LogP contribution in [-0.4, -0.2) is 70.7 Å². The van der Waals surface area contributed by atoms with Crippen molar-refractivity contribution >= 4 is 41.5 Å². The Morgan fingerprint density at radius 1 is 1.28 bits per heavy atom. The summed E-state index contributed by atoms with van der Waals surface area (Å²) in [6.07, 6.45) is 5.24. The summed E-state index contributed by atoms with van der Waals surface area (Å²) in [6, 6.07) is 8.27. The number of hydrogen-bond donors (Lipinski definition) is 2. The zero-order chi connectivity index (χ0) is 22.3. The Morgan fingerprint density at radius 2 is 2.03 bits per heavy atom. The number of ether oxygens (including phenoxy) is 1. The zero-order valence-corrected chi connectivity index (χ0v) is 22.4. The molecule has 1 aliphatic heterocycles. The van der Waals surface area contributed by atoms with Crippen LogP contribution in [0.1, 0.15) is 39.0 Å². The fraction of sp³-hybridized carbons (Fsp3) is 0.667. The highest BCUT2D eigenvalue weighted by atomic mass is 127. The number of hydrogen-bond acceptors (Lipinski definition) is 4. The van der Waals surface area contributed by atoms with Gasteiger partial charge in [0.15, 0.2) is 5.96 Å². The minimum atomic E-state index is -0.331. The third kappa shape index (κ3) is 6.65. The van der Waals surface area contributed by atoms with E-state index in [9.17, 15) is 4.79 Å². The first-order valence-corrected chi connectivity index (χ1v) is 11.6. The molecule has 180 valence electrons. The van der Waals surface area contributed by atoms with Crippen LogP contribution in [0.15, 0.2) is 29.3 Å². The number of carbonyl (C=O) groups is 1. The van der Waals surface area contributed by atoms with Crippen LogP contribution in [-0.2, 0) is 4.79 Å². The SMILES string of the molecule is CCNC(=NCC1(C(=O)N(C)C)CCCC1)NCC1CCN(c2cccc(OC)c2)C1.I. The highest BCUT2D eigenvalue weighted by Gasteiger charge is 2.42. The fourth-order valence-corrected chi connectivity index (χ4v) is 4.82. The van der Waals surface area contributed by atoms with Crippen LogP contribution in [0, 0.1) is 11.3 Å². The van der Waals surface area contributed by atoms with Crippen LogP contribution in [0.2, 0.25) is 0 Å². The van der Waals surface area contributed by atoms with Gasteiger partial charge < -0.3 is 25.2 Å². The number of anilines is 1. The van der Waals surface area contributed by atoms with Gasteiger partial charge in [0.25, 0.3) is 0 Å². The van der Waals surface area contributed by atoms with Gasteiger partial charge >= 0.3 is 0 Å². The van der Waals surface area contributed by atoms with Gasteiger partial charge in [-0.1, -0.05) is 18.9 Å². The monoisotopic (exact) mass is 557 g/mol. The predicted octanol–water partition coefficient (Wildman–Crippen LogP) is 3.34. The van der Waals surface area contributed by atoms with E-state index >= 15 is 0 Å². The standard InChI is InChI=1S/C24H39N5O2.HI/c1-5-25-23(27-18-24(12-6-7-13-24)22(30)28(2)3)26-16-19-11-14-29(17-19)20-9-8-10-21(15-20)31-4;/h8-10,15,19H,5-7,11-14,16-18H2,1-4H3,(H2,25,26,27);1H.